The number of fused-ring (bicyclic) bond motifs is 1. The van der Waals surface area contributed by atoms with Crippen LogP contribution < -0.4 is 10.9 Å². The molecule has 2 heterocycles. The molecule has 22 heavy (non-hydrogen) atoms. The van der Waals surface area contributed by atoms with Crippen LogP contribution in [-0.4, -0.2) is 15.7 Å². The number of carbonyl (C=O) groups is 1. The van der Waals surface area contributed by atoms with Crippen molar-refractivity contribution in [3.05, 3.63) is 49.7 Å². The first-order chi connectivity index (χ1) is 10.4. The first-order valence-electron chi connectivity index (χ1n) is 6.97. The standard InChI is InChI=1S/C15H15Cl2N3O2/c1-7(2)20-14-13(15(22)19-20)10(6-12(21)18-14)9-4-3-8(16)5-11(9)17/h3-5,7,10H,6H2,1-2H3,(H,18,21)(H,19,22)/t10-/m1/s1. The van der Waals surface area contributed by atoms with E-state index in [9.17, 15) is 9.59 Å². The number of hydrogen-bond acceptors (Lipinski definition) is 2. The molecule has 1 aromatic heterocycles. The Hall–Kier alpha value is -1.72. The molecule has 0 bridgehead atoms. The van der Waals surface area contributed by atoms with Gasteiger partial charge < -0.3 is 5.32 Å². The minimum Gasteiger partial charge on any atom is -0.311 e. The van der Waals surface area contributed by atoms with E-state index >= 15 is 0 Å². The van der Waals surface area contributed by atoms with Crippen LogP contribution in [0.3, 0.4) is 0 Å². The van der Waals surface area contributed by atoms with E-state index in [1.807, 2.05) is 13.8 Å². The maximum atomic E-state index is 12.4. The Kier molecular flexibility index (Phi) is 3.78. The molecule has 0 aliphatic carbocycles. The fourth-order valence-electron chi connectivity index (χ4n) is 2.82. The van der Waals surface area contributed by atoms with Crippen LogP contribution in [0.4, 0.5) is 5.82 Å². The highest BCUT2D eigenvalue weighted by Crippen LogP contribution is 2.39. The number of aromatic amines is 1. The SMILES string of the molecule is CC(C)n1[nH]c(=O)c2c1NC(=O)C[C@@H]2c1ccc(Cl)cc1Cl. The van der Waals surface area contributed by atoms with Crippen molar-refractivity contribution in [1.82, 2.24) is 9.78 Å². The third-order valence-electron chi connectivity index (χ3n) is 3.81. The fourth-order valence-corrected chi connectivity index (χ4v) is 3.36. The number of H-pyrrole nitrogens is 1. The quantitative estimate of drug-likeness (QED) is 0.878. The summed E-state index contributed by atoms with van der Waals surface area (Å²) in [6.45, 7) is 3.86. The molecule has 3 rings (SSSR count). The highest BCUT2D eigenvalue weighted by Gasteiger charge is 2.33. The van der Waals surface area contributed by atoms with Gasteiger partial charge in [0.2, 0.25) is 5.91 Å². The van der Waals surface area contributed by atoms with Crippen molar-refractivity contribution in [2.24, 2.45) is 0 Å². The molecular weight excluding hydrogens is 325 g/mol. The summed E-state index contributed by atoms with van der Waals surface area (Å²) in [6, 6.07) is 5.13. The third-order valence-corrected chi connectivity index (χ3v) is 4.38. The molecule has 0 spiro atoms. The summed E-state index contributed by atoms with van der Waals surface area (Å²) >= 11 is 12.2. The normalized spacial score (nSPS) is 17.5. The van der Waals surface area contributed by atoms with E-state index in [2.05, 4.69) is 10.4 Å². The van der Waals surface area contributed by atoms with Crippen molar-refractivity contribution in [3.63, 3.8) is 0 Å². The van der Waals surface area contributed by atoms with Crippen molar-refractivity contribution < 1.29 is 4.79 Å². The monoisotopic (exact) mass is 339 g/mol. The lowest BCUT2D eigenvalue weighted by molar-refractivity contribution is -0.116. The molecule has 0 saturated carbocycles. The predicted octanol–water partition coefficient (Wildman–Crippen LogP) is 3.54. The molecule has 7 heteroatoms. The number of nitrogens with one attached hydrogen (secondary N) is 2. The Morgan fingerprint density at radius 2 is 2.00 bits per heavy atom. The molecule has 1 amide bonds. The Balaban J connectivity index is 2.20. The molecule has 2 aromatic rings. The van der Waals surface area contributed by atoms with Crippen molar-refractivity contribution in [2.45, 2.75) is 32.2 Å². The minimum absolute atomic E-state index is 0.0242. The zero-order valence-electron chi connectivity index (χ0n) is 12.1. The van der Waals surface area contributed by atoms with Crippen molar-refractivity contribution >= 4 is 34.9 Å². The van der Waals surface area contributed by atoms with Gasteiger partial charge in [-0.1, -0.05) is 29.3 Å². The van der Waals surface area contributed by atoms with E-state index in [0.29, 0.717) is 21.4 Å². The summed E-state index contributed by atoms with van der Waals surface area (Å²) in [7, 11) is 0. The molecule has 1 atom stereocenters. The number of halogens is 2. The number of carbonyl (C=O) groups excluding carboxylic acids is 1. The van der Waals surface area contributed by atoms with E-state index in [1.165, 1.54) is 0 Å². The lowest BCUT2D eigenvalue weighted by atomic mass is 9.87. The number of aromatic nitrogens is 2. The number of rotatable bonds is 2. The van der Waals surface area contributed by atoms with Gasteiger partial charge >= 0.3 is 0 Å². The van der Waals surface area contributed by atoms with Gasteiger partial charge in [-0.2, -0.15) is 0 Å². The van der Waals surface area contributed by atoms with Crippen molar-refractivity contribution in [1.29, 1.82) is 0 Å². The molecule has 0 unspecified atom stereocenters. The van der Waals surface area contributed by atoms with Gasteiger partial charge in [0.15, 0.2) is 0 Å². The summed E-state index contributed by atoms with van der Waals surface area (Å²) in [4.78, 5) is 24.4. The second-order valence-electron chi connectivity index (χ2n) is 5.64. The Labute approximate surface area is 137 Å². The molecule has 0 saturated heterocycles. The second-order valence-corrected chi connectivity index (χ2v) is 6.48. The van der Waals surface area contributed by atoms with Crippen LogP contribution >= 0.6 is 23.2 Å². The summed E-state index contributed by atoms with van der Waals surface area (Å²) in [6.07, 6.45) is 0.180. The van der Waals surface area contributed by atoms with Crippen LogP contribution in [0.15, 0.2) is 23.0 Å². The Morgan fingerprint density at radius 3 is 2.64 bits per heavy atom. The molecule has 0 fully saturated rings. The van der Waals surface area contributed by atoms with Crippen LogP contribution in [0.25, 0.3) is 0 Å². The van der Waals surface area contributed by atoms with Gasteiger partial charge in [0.05, 0.1) is 5.56 Å². The molecule has 0 radical (unpaired) electrons. The van der Waals surface area contributed by atoms with Crippen LogP contribution in [0.2, 0.25) is 10.0 Å². The Bertz CT molecular complexity index is 808. The van der Waals surface area contributed by atoms with E-state index in [4.69, 9.17) is 23.2 Å². The van der Waals surface area contributed by atoms with E-state index in [1.54, 1.807) is 22.9 Å². The van der Waals surface area contributed by atoms with Gasteiger partial charge in [-0.25, -0.2) is 0 Å². The van der Waals surface area contributed by atoms with Gasteiger partial charge in [-0.05, 0) is 31.5 Å². The van der Waals surface area contributed by atoms with Gasteiger partial charge in [0.1, 0.15) is 5.82 Å². The summed E-state index contributed by atoms with van der Waals surface area (Å²) < 4.78 is 1.67. The van der Waals surface area contributed by atoms with Crippen LogP contribution in [0, 0.1) is 0 Å². The largest absolute Gasteiger partial charge is 0.311 e. The Morgan fingerprint density at radius 1 is 1.27 bits per heavy atom. The van der Waals surface area contributed by atoms with Gasteiger partial charge in [-0.3, -0.25) is 19.4 Å². The van der Waals surface area contributed by atoms with Crippen LogP contribution in [0.1, 0.15) is 43.4 Å². The number of anilines is 1. The van der Waals surface area contributed by atoms with Gasteiger partial charge in [0.25, 0.3) is 5.56 Å². The lowest BCUT2D eigenvalue weighted by Gasteiger charge is -2.24. The zero-order chi connectivity index (χ0) is 16.0. The highest BCUT2D eigenvalue weighted by atomic mass is 35.5. The number of nitrogens with zero attached hydrogens (tertiary/aromatic N) is 1. The first kappa shape index (κ1) is 15.2. The molecule has 1 aliphatic rings. The summed E-state index contributed by atoms with van der Waals surface area (Å²) in [5, 5.41) is 6.54. The second kappa shape index (κ2) is 5.48. The van der Waals surface area contributed by atoms with Crippen molar-refractivity contribution in [2.75, 3.05) is 5.32 Å². The van der Waals surface area contributed by atoms with E-state index in [-0.39, 0.29) is 29.8 Å². The number of amides is 1. The van der Waals surface area contributed by atoms with Gasteiger partial charge in [-0.15, -0.1) is 0 Å². The molecule has 1 aromatic carbocycles. The summed E-state index contributed by atoms with van der Waals surface area (Å²) in [5.41, 5.74) is 1.06. The number of benzene rings is 1. The van der Waals surface area contributed by atoms with Gasteiger partial charge in [0, 0.05) is 28.4 Å². The average Bonchev–Trinajstić information content (AvgIpc) is 2.75. The molecule has 116 valence electrons. The number of hydrogen-bond donors (Lipinski definition) is 2. The van der Waals surface area contributed by atoms with Crippen molar-refractivity contribution in [3.8, 4) is 0 Å². The van der Waals surface area contributed by atoms with Crippen LogP contribution in [0.5, 0.6) is 0 Å². The average molecular weight is 340 g/mol. The highest BCUT2D eigenvalue weighted by molar-refractivity contribution is 6.35. The molecular formula is C15H15Cl2N3O2. The topological polar surface area (TPSA) is 66.9 Å². The molecule has 1 aliphatic heterocycles. The maximum Gasteiger partial charge on any atom is 0.270 e. The minimum atomic E-state index is -0.378. The van der Waals surface area contributed by atoms with Crippen LogP contribution in [-0.2, 0) is 4.79 Å². The summed E-state index contributed by atoms with van der Waals surface area (Å²) in [5.74, 6) is 0.00134. The zero-order valence-corrected chi connectivity index (χ0v) is 13.6. The third kappa shape index (κ3) is 2.44. The fraction of sp³-hybridized carbons (Fsp3) is 0.333. The van der Waals surface area contributed by atoms with E-state index < -0.39 is 0 Å². The van der Waals surface area contributed by atoms with E-state index in [0.717, 1.165) is 5.56 Å². The predicted molar refractivity (Wildman–Crippen MR) is 87.0 cm³/mol. The smallest absolute Gasteiger partial charge is 0.270 e. The first-order valence-corrected chi connectivity index (χ1v) is 7.73. The molecule has 5 nitrogen and oxygen atoms in total. The lowest BCUT2D eigenvalue weighted by Crippen LogP contribution is -2.27. The maximum absolute atomic E-state index is 12.4. The molecule has 2 N–H and O–H groups in total.